The van der Waals surface area contributed by atoms with Crippen molar-refractivity contribution in [3.63, 3.8) is 0 Å². The van der Waals surface area contributed by atoms with Gasteiger partial charge in [-0.15, -0.1) is 0 Å². The molecule has 1 saturated heterocycles. The maximum atomic E-state index is 13.3. The van der Waals surface area contributed by atoms with Gasteiger partial charge in [0.2, 0.25) is 6.79 Å². The van der Waals surface area contributed by atoms with Crippen LogP contribution in [0.15, 0.2) is 12.3 Å². The molecule has 0 bridgehead atoms. The number of cyclic esters (lactones) is 1. The van der Waals surface area contributed by atoms with Crippen molar-refractivity contribution >= 4 is 17.8 Å². The zero-order valence-corrected chi connectivity index (χ0v) is 25.1. The molecule has 2 heterocycles. The highest BCUT2D eigenvalue weighted by Crippen LogP contribution is 2.30. The van der Waals surface area contributed by atoms with E-state index in [1.165, 1.54) is 19.4 Å². The smallest absolute Gasteiger partial charge is 0.329 e. The highest BCUT2D eigenvalue weighted by Gasteiger charge is 2.36. The molecule has 1 aromatic heterocycles. The molecule has 1 aromatic rings. The van der Waals surface area contributed by atoms with Gasteiger partial charge in [-0.25, -0.2) is 9.78 Å². The molecular formula is C29H46N2O9. The Balaban J connectivity index is 2.20. The van der Waals surface area contributed by atoms with Crippen LogP contribution in [-0.2, 0) is 28.5 Å². The molecule has 0 spiro atoms. The van der Waals surface area contributed by atoms with Crippen molar-refractivity contribution in [1.82, 2.24) is 10.3 Å². The number of hydrogen-bond acceptors (Lipinski definition) is 10. The van der Waals surface area contributed by atoms with E-state index in [1.54, 1.807) is 20.8 Å². The maximum absolute atomic E-state index is 13.3. The summed E-state index contributed by atoms with van der Waals surface area (Å²) in [7, 11) is 1.41. The molecule has 4 unspecified atom stereocenters. The maximum Gasteiger partial charge on any atom is 0.329 e. The first-order valence-corrected chi connectivity index (χ1v) is 14.0. The van der Waals surface area contributed by atoms with Crippen LogP contribution in [0.3, 0.4) is 0 Å². The number of aromatic nitrogens is 1. The predicted molar refractivity (Wildman–Crippen MR) is 147 cm³/mol. The summed E-state index contributed by atoms with van der Waals surface area (Å²) in [6, 6.07) is 0.588. The van der Waals surface area contributed by atoms with Gasteiger partial charge in [-0.1, -0.05) is 41.5 Å². The van der Waals surface area contributed by atoms with Crippen LogP contribution in [0, 0.1) is 17.8 Å². The Morgan fingerprint density at radius 1 is 1.07 bits per heavy atom. The van der Waals surface area contributed by atoms with Crippen LogP contribution < -0.4 is 14.8 Å². The third kappa shape index (κ3) is 10.2. The second-order valence-corrected chi connectivity index (χ2v) is 11.1. The number of pyridine rings is 1. The Kier molecular flexibility index (Phi) is 13.6. The molecule has 40 heavy (non-hydrogen) atoms. The fourth-order valence-corrected chi connectivity index (χ4v) is 4.04. The minimum Gasteiger partial charge on any atom is -0.493 e. The SMILES string of the molecule is COc1ccnc(C(=O)NC2CCCC(OCC(C)C)C(OCC(C)C)C(C)OC2=O)c1OCOC(=O)C(C)C. The second-order valence-electron chi connectivity index (χ2n) is 11.1. The van der Waals surface area contributed by atoms with Gasteiger partial charge in [0, 0.05) is 25.5 Å². The lowest BCUT2D eigenvalue weighted by Gasteiger charge is -2.32. The third-order valence-electron chi connectivity index (χ3n) is 6.15. The van der Waals surface area contributed by atoms with Gasteiger partial charge >= 0.3 is 11.9 Å². The van der Waals surface area contributed by atoms with Gasteiger partial charge in [0.1, 0.15) is 18.2 Å². The number of rotatable bonds is 13. The predicted octanol–water partition coefficient (Wildman–Crippen LogP) is 3.92. The topological polar surface area (TPSA) is 132 Å². The van der Waals surface area contributed by atoms with Crippen LogP contribution >= 0.6 is 0 Å². The van der Waals surface area contributed by atoms with Gasteiger partial charge in [-0.05, 0) is 38.0 Å². The molecule has 1 amide bonds. The van der Waals surface area contributed by atoms with E-state index in [4.69, 9.17) is 28.4 Å². The summed E-state index contributed by atoms with van der Waals surface area (Å²) in [6.07, 6.45) is 1.66. The molecule has 0 aromatic carbocycles. The highest BCUT2D eigenvalue weighted by atomic mass is 16.7. The monoisotopic (exact) mass is 566 g/mol. The molecule has 11 nitrogen and oxygen atoms in total. The van der Waals surface area contributed by atoms with Crippen LogP contribution in [0.1, 0.15) is 78.2 Å². The first-order chi connectivity index (χ1) is 18.9. The lowest BCUT2D eigenvalue weighted by atomic mass is 10.0. The zero-order valence-electron chi connectivity index (χ0n) is 25.1. The third-order valence-corrected chi connectivity index (χ3v) is 6.15. The minimum absolute atomic E-state index is 0.00634. The number of nitrogens with zero attached hydrogens (tertiary/aromatic N) is 1. The van der Waals surface area contributed by atoms with E-state index in [9.17, 15) is 14.4 Å². The van der Waals surface area contributed by atoms with Crippen molar-refractivity contribution in [2.45, 2.75) is 92.1 Å². The second kappa shape index (κ2) is 16.4. The quantitative estimate of drug-likeness (QED) is 0.277. The molecule has 1 aliphatic rings. The average molecular weight is 567 g/mol. The summed E-state index contributed by atoms with van der Waals surface area (Å²) >= 11 is 0. The standard InChI is InChI=1S/C29H46N2O9/c1-17(2)14-36-23-11-9-10-21(29(34)40-20(7)25(23)37-15-18(3)4)31-27(32)24-26(22(35-8)12-13-30-24)38-16-39-28(33)19(5)6/h12-13,17-21,23,25H,9-11,14-16H2,1-8H3,(H,31,32). The Hall–Kier alpha value is -2.92. The van der Waals surface area contributed by atoms with E-state index >= 15 is 0 Å². The van der Waals surface area contributed by atoms with E-state index in [1.807, 2.05) is 0 Å². The van der Waals surface area contributed by atoms with Crippen LogP contribution in [0.2, 0.25) is 0 Å². The zero-order chi connectivity index (χ0) is 29.8. The lowest BCUT2D eigenvalue weighted by Crippen LogP contribution is -2.46. The van der Waals surface area contributed by atoms with Gasteiger partial charge in [-0.3, -0.25) is 9.59 Å². The van der Waals surface area contributed by atoms with Crippen molar-refractivity contribution in [2.24, 2.45) is 17.8 Å². The average Bonchev–Trinajstić information content (AvgIpc) is 2.94. The van der Waals surface area contributed by atoms with E-state index in [0.717, 1.165) is 0 Å². The molecule has 0 aliphatic carbocycles. The number of nitrogens with one attached hydrogen (secondary N) is 1. The number of hydrogen-bond donors (Lipinski definition) is 1. The number of carbonyl (C=O) groups excluding carboxylic acids is 3. The molecule has 1 N–H and O–H groups in total. The van der Waals surface area contributed by atoms with E-state index in [-0.39, 0.29) is 29.2 Å². The summed E-state index contributed by atoms with van der Waals surface area (Å²) in [5, 5.41) is 2.74. The van der Waals surface area contributed by atoms with E-state index < -0.39 is 42.9 Å². The van der Waals surface area contributed by atoms with Gasteiger partial charge in [0.15, 0.2) is 17.2 Å². The normalized spacial score (nSPS) is 21.8. The first kappa shape index (κ1) is 33.3. The molecule has 1 aliphatic heterocycles. The van der Waals surface area contributed by atoms with E-state index in [2.05, 4.69) is 38.0 Å². The van der Waals surface area contributed by atoms with Crippen molar-refractivity contribution in [2.75, 3.05) is 27.1 Å². The van der Waals surface area contributed by atoms with Crippen LogP contribution in [0.5, 0.6) is 11.5 Å². The van der Waals surface area contributed by atoms with E-state index in [0.29, 0.717) is 44.3 Å². The highest BCUT2D eigenvalue weighted by molar-refractivity contribution is 5.98. The molecule has 0 radical (unpaired) electrons. The van der Waals surface area contributed by atoms with Gasteiger partial charge in [0.25, 0.3) is 5.91 Å². The largest absolute Gasteiger partial charge is 0.493 e. The first-order valence-electron chi connectivity index (χ1n) is 14.0. The fraction of sp³-hybridized carbons (Fsp3) is 0.724. The summed E-state index contributed by atoms with van der Waals surface area (Å²) in [5.74, 6) is -1.17. The van der Waals surface area contributed by atoms with Gasteiger partial charge in [-0.2, -0.15) is 0 Å². The van der Waals surface area contributed by atoms with Crippen molar-refractivity contribution < 1.29 is 42.8 Å². The molecule has 226 valence electrons. The van der Waals surface area contributed by atoms with Gasteiger partial charge in [0.05, 0.1) is 19.1 Å². The minimum atomic E-state index is -0.927. The van der Waals surface area contributed by atoms with Crippen molar-refractivity contribution in [3.05, 3.63) is 18.0 Å². The molecule has 11 heteroatoms. The number of carbonyl (C=O) groups is 3. The molecule has 4 atom stereocenters. The summed E-state index contributed by atoms with van der Waals surface area (Å²) < 4.78 is 34.1. The Morgan fingerprint density at radius 2 is 1.75 bits per heavy atom. The number of methoxy groups -OCH3 is 1. The number of amides is 1. The summed E-state index contributed by atoms with van der Waals surface area (Å²) in [4.78, 5) is 42.5. The van der Waals surface area contributed by atoms with Crippen LogP contribution in [0.4, 0.5) is 0 Å². The summed E-state index contributed by atoms with van der Waals surface area (Å²) in [5.41, 5.74) is -0.114. The molecule has 2 rings (SSSR count). The van der Waals surface area contributed by atoms with Crippen LogP contribution in [-0.4, -0.2) is 74.3 Å². The summed E-state index contributed by atoms with van der Waals surface area (Å²) in [6.45, 7) is 14.1. The number of esters is 2. The van der Waals surface area contributed by atoms with Gasteiger partial charge < -0.3 is 33.7 Å². The van der Waals surface area contributed by atoms with Crippen molar-refractivity contribution in [1.29, 1.82) is 0 Å². The van der Waals surface area contributed by atoms with Crippen molar-refractivity contribution in [3.8, 4) is 11.5 Å². The lowest BCUT2D eigenvalue weighted by molar-refractivity contribution is -0.169. The fourth-order valence-electron chi connectivity index (χ4n) is 4.04. The van der Waals surface area contributed by atoms with Crippen LogP contribution in [0.25, 0.3) is 0 Å². The Morgan fingerprint density at radius 3 is 2.38 bits per heavy atom. The molecule has 1 fully saturated rings. The number of ether oxygens (including phenoxy) is 6. The Labute approximate surface area is 237 Å². The molecular weight excluding hydrogens is 520 g/mol. The Bertz CT molecular complexity index is 967. The molecule has 0 saturated carbocycles.